The van der Waals surface area contributed by atoms with E-state index in [1.54, 1.807) is 0 Å². The number of hydrogen-bond acceptors (Lipinski definition) is 3. The Kier molecular flexibility index (Phi) is 4.38. The maximum absolute atomic E-state index is 5.43. The van der Waals surface area contributed by atoms with Crippen LogP contribution in [0.3, 0.4) is 0 Å². The van der Waals surface area contributed by atoms with Crippen molar-refractivity contribution in [3.63, 3.8) is 0 Å². The quantitative estimate of drug-likeness (QED) is 0.907. The molecule has 2 aliphatic rings. The highest BCUT2D eigenvalue weighted by atomic mass is 16.5. The Hall–Kier alpha value is -1.03. The predicted molar refractivity (Wildman–Crippen MR) is 76.3 cm³/mol. The second kappa shape index (κ2) is 6.42. The van der Waals surface area contributed by atoms with Crippen LogP contribution in [0.25, 0.3) is 0 Å². The van der Waals surface area contributed by atoms with Crippen LogP contribution >= 0.6 is 0 Å². The summed E-state index contributed by atoms with van der Waals surface area (Å²) in [5.74, 6) is 1.81. The first-order valence-electron chi connectivity index (χ1n) is 7.77. The summed E-state index contributed by atoms with van der Waals surface area (Å²) >= 11 is 0. The van der Waals surface area contributed by atoms with Crippen LogP contribution in [0.1, 0.15) is 44.9 Å². The van der Waals surface area contributed by atoms with Gasteiger partial charge in [-0.25, -0.2) is 4.98 Å². The van der Waals surface area contributed by atoms with E-state index >= 15 is 0 Å². The van der Waals surface area contributed by atoms with Crippen LogP contribution in [0.4, 0.5) is 5.95 Å². The average molecular weight is 263 g/mol. The van der Waals surface area contributed by atoms with E-state index in [4.69, 9.17) is 4.74 Å². The van der Waals surface area contributed by atoms with Crippen molar-refractivity contribution in [2.24, 2.45) is 5.92 Å². The number of nitrogens with one attached hydrogen (secondary N) is 1. The molecule has 1 aromatic rings. The molecule has 0 aromatic carbocycles. The van der Waals surface area contributed by atoms with Gasteiger partial charge in [-0.15, -0.1) is 0 Å². The summed E-state index contributed by atoms with van der Waals surface area (Å²) in [6.07, 6.45) is 13.1. The molecular weight excluding hydrogens is 238 g/mol. The highest BCUT2D eigenvalue weighted by molar-refractivity contribution is 5.27. The van der Waals surface area contributed by atoms with Crippen molar-refractivity contribution < 1.29 is 4.74 Å². The van der Waals surface area contributed by atoms with Gasteiger partial charge in [-0.3, -0.25) is 0 Å². The summed E-state index contributed by atoms with van der Waals surface area (Å²) in [6, 6.07) is 0.629. The Morgan fingerprint density at radius 3 is 2.74 bits per heavy atom. The fourth-order valence-electron chi connectivity index (χ4n) is 3.23. The van der Waals surface area contributed by atoms with Crippen LogP contribution in [0.15, 0.2) is 12.4 Å². The minimum atomic E-state index is 0.629. The van der Waals surface area contributed by atoms with Gasteiger partial charge in [-0.05, 0) is 31.6 Å². The van der Waals surface area contributed by atoms with E-state index in [0.29, 0.717) is 6.04 Å². The molecular formula is C15H25N3O. The van der Waals surface area contributed by atoms with Gasteiger partial charge in [-0.1, -0.05) is 19.3 Å². The summed E-state index contributed by atoms with van der Waals surface area (Å²) in [5.41, 5.74) is 0. The third-order valence-electron chi connectivity index (χ3n) is 4.45. The van der Waals surface area contributed by atoms with E-state index in [9.17, 15) is 0 Å². The van der Waals surface area contributed by atoms with Crippen molar-refractivity contribution in [2.45, 2.75) is 57.5 Å². The molecule has 0 unspecified atom stereocenters. The minimum absolute atomic E-state index is 0.629. The maximum Gasteiger partial charge on any atom is 0.202 e. The molecule has 1 aliphatic heterocycles. The van der Waals surface area contributed by atoms with Gasteiger partial charge in [0.05, 0.1) is 0 Å². The molecule has 4 heteroatoms. The molecule has 1 aliphatic carbocycles. The molecule has 106 valence electrons. The lowest BCUT2D eigenvalue weighted by Crippen LogP contribution is -2.26. The van der Waals surface area contributed by atoms with Gasteiger partial charge in [0.2, 0.25) is 5.95 Å². The minimum Gasteiger partial charge on any atom is -0.381 e. The number of rotatable bonds is 4. The number of hydrogen-bond donors (Lipinski definition) is 1. The second-order valence-electron chi connectivity index (χ2n) is 5.94. The number of imidazole rings is 1. The molecule has 1 aromatic heterocycles. The highest BCUT2D eigenvalue weighted by Gasteiger charge is 2.18. The number of ether oxygens (including phenoxy) is 1. The van der Waals surface area contributed by atoms with E-state index in [-0.39, 0.29) is 0 Å². The molecule has 4 nitrogen and oxygen atoms in total. The third kappa shape index (κ3) is 3.50. The van der Waals surface area contributed by atoms with Crippen molar-refractivity contribution in [1.82, 2.24) is 9.55 Å². The normalized spacial score (nSPS) is 22.5. The summed E-state index contributed by atoms with van der Waals surface area (Å²) in [7, 11) is 0. The molecule has 0 radical (unpaired) electrons. The Morgan fingerprint density at radius 2 is 1.95 bits per heavy atom. The van der Waals surface area contributed by atoms with Gasteiger partial charge in [-0.2, -0.15) is 0 Å². The summed E-state index contributed by atoms with van der Waals surface area (Å²) in [6.45, 7) is 2.92. The van der Waals surface area contributed by atoms with Crippen LogP contribution in [-0.4, -0.2) is 28.8 Å². The number of anilines is 1. The molecule has 2 fully saturated rings. The van der Waals surface area contributed by atoms with Crippen molar-refractivity contribution in [1.29, 1.82) is 0 Å². The monoisotopic (exact) mass is 263 g/mol. The van der Waals surface area contributed by atoms with Gasteiger partial charge in [0.25, 0.3) is 0 Å². The van der Waals surface area contributed by atoms with Gasteiger partial charge in [0.15, 0.2) is 0 Å². The van der Waals surface area contributed by atoms with Crippen molar-refractivity contribution in [3.8, 4) is 0 Å². The fraction of sp³-hybridized carbons (Fsp3) is 0.800. The molecule has 0 amide bonds. The van der Waals surface area contributed by atoms with Crippen LogP contribution in [0.2, 0.25) is 0 Å². The van der Waals surface area contributed by atoms with E-state index in [0.717, 1.165) is 31.6 Å². The van der Waals surface area contributed by atoms with E-state index in [2.05, 4.69) is 21.1 Å². The Morgan fingerprint density at radius 1 is 1.16 bits per heavy atom. The molecule has 0 bridgehead atoms. The van der Waals surface area contributed by atoms with E-state index in [1.807, 2.05) is 6.20 Å². The summed E-state index contributed by atoms with van der Waals surface area (Å²) in [5, 5.41) is 3.64. The Labute approximate surface area is 115 Å². The zero-order valence-electron chi connectivity index (χ0n) is 11.7. The maximum atomic E-state index is 5.43. The van der Waals surface area contributed by atoms with Crippen LogP contribution in [0.5, 0.6) is 0 Å². The highest BCUT2D eigenvalue weighted by Crippen LogP contribution is 2.23. The molecule has 1 N–H and O–H groups in total. The van der Waals surface area contributed by atoms with Crippen LogP contribution in [0, 0.1) is 5.92 Å². The first-order chi connectivity index (χ1) is 9.42. The molecule has 1 saturated carbocycles. The van der Waals surface area contributed by atoms with Crippen LogP contribution < -0.4 is 5.32 Å². The first kappa shape index (κ1) is 13.0. The Bertz CT molecular complexity index is 344. The van der Waals surface area contributed by atoms with Gasteiger partial charge >= 0.3 is 0 Å². The Balaban J connectivity index is 1.57. The standard InChI is InChI=1S/C15H25N3O/c1-2-4-14(5-3-1)17-15-16-8-9-18(15)12-13-6-10-19-11-7-13/h8-9,13-14H,1-7,10-12H2,(H,16,17). The van der Waals surface area contributed by atoms with Crippen LogP contribution in [-0.2, 0) is 11.3 Å². The topological polar surface area (TPSA) is 39.1 Å². The molecule has 1 saturated heterocycles. The molecule has 0 atom stereocenters. The van der Waals surface area contributed by atoms with Crippen molar-refractivity contribution >= 4 is 5.95 Å². The lowest BCUT2D eigenvalue weighted by Gasteiger charge is -2.26. The van der Waals surface area contributed by atoms with Gasteiger partial charge in [0, 0.05) is 38.2 Å². The summed E-state index contributed by atoms with van der Waals surface area (Å²) < 4.78 is 7.73. The largest absolute Gasteiger partial charge is 0.381 e. The summed E-state index contributed by atoms with van der Waals surface area (Å²) in [4.78, 5) is 4.50. The fourth-order valence-corrected chi connectivity index (χ4v) is 3.23. The average Bonchev–Trinajstić information content (AvgIpc) is 2.88. The molecule has 2 heterocycles. The zero-order valence-corrected chi connectivity index (χ0v) is 11.7. The zero-order chi connectivity index (χ0) is 12.9. The number of nitrogens with zero attached hydrogens (tertiary/aromatic N) is 2. The molecule has 3 rings (SSSR count). The van der Waals surface area contributed by atoms with Crippen molar-refractivity contribution in [3.05, 3.63) is 12.4 Å². The lowest BCUT2D eigenvalue weighted by atomic mass is 9.96. The first-order valence-corrected chi connectivity index (χ1v) is 7.77. The van der Waals surface area contributed by atoms with E-state index in [1.165, 1.54) is 44.9 Å². The van der Waals surface area contributed by atoms with Gasteiger partial charge in [0.1, 0.15) is 0 Å². The SMILES string of the molecule is c1cn(CC2CCOCC2)c(NC2CCCCC2)n1. The predicted octanol–water partition coefficient (Wildman–Crippen LogP) is 3.05. The smallest absolute Gasteiger partial charge is 0.202 e. The van der Waals surface area contributed by atoms with Gasteiger partial charge < -0.3 is 14.6 Å². The molecule has 19 heavy (non-hydrogen) atoms. The molecule has 0 spiro atoms. The van der Waals surface area contributed by atoms with E-state index < -0.39 is 0 Å². The lowest BCUT2D eigenvalue weighted by molar-refractivity contribution is 0.0614. The van der Waals surface area contributed by atoms with Crippen molar-refractivity contribution in [2.75, 3.05) is 18.5 Å². The third-order valence-corrected chi connectivity index (χ3v) is 4.45. The second-order valence-corrected chi connectivity index (χ2v) is 5.94. The number of aromatic nitrogens is 2.